The average Bonchev–Trinajstić information content (AvgIpc) is 3.17. The van der Waals surface area contributed by atoms with E-state index in [4.69, 9.17) is 0 Å². The molecule has 3 heterocycles. The Kier molecular flexibility index (Phi) is 4.90. The lowest BCUT2D eigenvalue weighted by Crippen LogP contribution is -2.23. The molecule has 4 rings (SSSR count). The monoisotopic (exact) mass is 387 g/mol. The molecule has 29 heavy (non-hydrogen) atoms. The van der Waals surface area contributed by atoms with Crippen LogP contribution >= 0.6 is 0 Å². The summed E-state index contributed by atoms with van der Waals surface area (Å²) in [5, 5.41) is 16.1. The van der Waals surface area contributed by atoms with Crippen molar-refractivity contribution >= 4 is 28.5 Å². The van der Waals surface area contributed by atoms with Gasteiger partial charge in [-0.05, 0) is 42.0 Å². The summed E-state index contributed by atoms with van der Waals surface area (Å²) in [7, 11) is 0. The lowest BCUT2D eigenvalue weighted by molar-refractivity contribution is 0.0945. The van der Waals surface area contributed by atoms with E-state index >= 15 is 0 Å². The highest BCUT2D eigenvalue weighted by Gasteiger charge is 2.13. The van der Waals surface area contributed by atoms with Crippen LogP contribution in [0.15, 0.2) is 67.0 Å². The van der Waals surface area contributed by atoms with E-state index in [0.29, 0.717) is 5.69 Å². The summed E-state index contributed by atoms with van der Waals surface area (Å²) in [4.78, 5) is 35.7. The molecule has 4 aromatic rings. The van der Waals surface area contributed by atoms with Gasteiger partial charge in [-0.2, -0.15) is 0 Å². The van der Waals surface area contributed by atoms with Gasteiger partial charge in [0, 0.05) is 29.8 Å². The fraction of sp³-hybridized carbons (Fsp3) is 0.0476. The quantitative estimate of drug-likeness (QED) is 0.420. The van der Waals surface area contributed by atoms with E-state index in [1.807, 2.05) is 24.3 Å². The van der Waals surface area contributed by atoms with E-state index in [-0.39, 0.29) is 29.7 Å². The third-order valence-corrected chi connectivity index (χ3v) is 4.30. The maximum atomic E-state index is 12.4. The number of nitrogens with one attached hydrogen (secondary N) is 3. The van der Waals surface area contributed by atoms with Crippen molar-refractivity contribution in [1.82, 2.24) is 20.3 Å². The molecule has 8 nitrogen and oxygen atoms in total. The molecule has 8 heteroatoms. The maximum absolute atomic E-state index is 12.4. The van der Waals surface area contributed by atoms with Crippen LogP contribution in [-0.4, -0.2) is 31.9 Å². The standard InChI is InChI=1S/C21H17N5O3/c27-17-6-3-8-23-19(17)21(29)26-18-10-13(7-9-22-18)12-24-20(28)16-11-14-4-1-2-5-15(14)25-16/h1-11,25,27H,12H2,(H,24,28)(H,22,26,29). The number of para-hydroxylation sites is 1. The predicted molar refractivity (Wildman–Crippen MR) is 108 cm³/mol. The highest BCUT2D eigenvalue weighted by molar-refractivity contribution is 6.04. The molecular weight excluding hydrogens is 370 g/mol. The number of hydrogen-bond donors (Lipinski definition) is 4. The van der Waals surface area contributed by atoms with E-state index in [1.54, 1.807) is 18.2 Å². The van der Waals surface area contributed by atoms with Crippen molar-refractivity contribution in [2.75, 3.05) is 5.32 Å². The third-order valence-electron chi connectivity index (χ3n) is 4.30. The molecule has 4 N–H and O–H groups in total. The molecule has 144 valence electrons. The van der Waals surface area contributed by atoms with Crippen LogP contribution in [0.25, 0.3) is 10.9 Å². The number of hydrogen-bond acceptors (Lipinski definition) is 5. The lowest BCUT2D eigenvalue weighted by atomic mass is 10.2. The lowest BCUT2D eigenvalue weighted by Gasteiger charge is -2.08. The summed E-state index contributed by atoms with van der Waals surface area (Å²) in [6, 6.07) is 15.7. The first-order valence-electron chi connectivity index (χ1n) is 8.86. The van der Waals surface area contributed by atoms with Crippen molar-refractivity contribution in [2.24, 2.45) is 0 Å². The van der Waals surface area contributed by atoms with Crippen molar-refractivity contribution in [3.05, 3.63) is 83.9 Å². The van der Waals surface area contributed by atoms with Crippen molar-refractivity contribution in [3.8, 4) is 5.75 Å². The van der Waals surface area contributed by atoms with E-state index < -0.39 is 5.91 Å². The van der Waals surface area contributed by atoms with E-state index in [2.05, 4.69) is 25.6 Å². The molecule has 1 aromatic carbocycles. The number of nitrogens with zero attached hydrogens (tertiary/aromatic N) is 2. The number of fused-ring (bicyclic) bond motifs is 1. The Hall–Kier alpha value is -4.20. The zero-order valence-corrected chi connectivity index (χ0v) is 15.2. The van der Waals surface area contributed by atoms with Gasteiger partial charge in [-0.25, -0.2) is 9.97 Å². The number of aromatic hydroxyl groups is 1. The number of benzene rings is 1. The normalized spacial score (nSPS) is 10.6. The van der Waals surface area contributed by atoms with Crippen LogP contribution in [0.1, 0.15) is 26.5 Å². The number of carbonyl (C=O) groups excluding carboxylic acids is 2. The number of carbonyl (C=O) groups is 2. The predicted octanol–water partition coefficient (Wildman–Crippen LogP) is 2.85. The van der Waals surface area contributed by atoms with Gasteiger partial charge >= 0.3 is 0 Å². The van der Waals surface area contributed by atoms with Gasteiger partial charge in [0.2, 0.25) is 0 Å². The van der Waals surface area contributed by atoms with Gasteiger partial charge in [0.05, 0.1) is 0 Å². The third kappa shape index (κ3) is 4.06. The summed E-state index contributed by atoms with van der Waals surface area (Å²) < 4.78 is 0. The zero-order valence-electron chi connectivity index (χ0n) is 15.2. The Labute approximate surface area is 165 Å². The number of H-pyrrole nitrogens is 1. The smallest absolute Gasteiger partial charge is 0.279 e. The van der Waals surface area contributed by atoms with Crippen molar-refractivity contribution < 1.29 is 14.7 Å². The second-order valence-corrected chi connectivity index (χ2v) is 6.33. The average molecular weight is 387 g/mol. The number of amides is 2. The highest BCUT2D eigenvalue weighted by Crippen LogP contribution is 2.16. The molecule has 0 saturated heterocycles. The molecule has 0 radical (unpaired) electrons. The number of pyridine rings is 2. The molecular formula is C21H17N5O3. The summed E-state index contributed by atoms with van der Waals surface area (Å²) in [6.45, 7) is 0.258. The van der Waals surface area contributed by atoms with Gasteiger partial charge in [-0.3, -0.25) is 9.59 Å². The Balaban J connectivity index is 1.41. The SMILES string of the molecule is O=C(NCc1ccnc(NC(=O)c2ncccc2O)c1)c1cc2ccccc2[nH]1. The second-order valence-electron chi connectivity index (χ2n) is 6.33. The largest absolute Gasteiger partial charge is 0.505 e. The fourth-order valence-electron chi connectivity index (χ4n) is 2.87. The summed E-state index contributed by atoms with van der Waals surface area (Å²) in [5.41, 5.74) is 2.03. The minimum atomic E-state index is -0.574. The molecule has 0 aliphatic carbocycles. The summed E-state index contributed by atoms with van der Waals surface area (Å²) in [5.74, 6) is -0.735. The Morgan fingerprint density at radius 3 is 2.66 bits per heavy atom. The number of rotatable bonds is 5. The second kappa shape index (κ2) is 7.81. The fourth-order valence-corrected chi connectivity index (χ4v) is 2.87. The van der Waals surface area contributed by atoms with E-state index in [1.165, 1.54) is 24.5 Å². The van der Waals surface area contributed by atoms with Crippen molar-refractivity contribution in [2.45, 2.75) is 6.54 Å². The van der Waals surface area contributed by atoms with E-state index in [0.717, 1.165) is 16.5 Å². The Bertz CT molecular complexity index is 1170. The van der Waals surface area contributed by atoms with Crippen LogP contribution in [0.5, 0.6) is 5.75 Å². The van der Waals surface area contributed by atoms with Crippen LogP contribution in [0.4, 0.5) is 5.82 Å². The first-order valence-corrected chi connectivity index (χ1v) is 8.86. The van der Waals surface area contributed by atoms with Crippen LogP contribution in [0, 0.1) is 0 Å². The van der Waals surface area contributed by atoms with Crippen LogP contribution < -0.4 is 10.6 Å². The Morgan fingerprint density at radius 1 is 0.966 bits per heavy atom. The Morgan fingerprint density at radius 2 is 1.83 bits per heavy atom. The van der Waals surface area contributed by atoms with Crippen molar-refractivity contribution in [3.63, 3.8) is 0 Å². The van der Waals surface area contributed by atoms with Gasteiger partial charge in [0.1, 0.15) is 17.3 Å². The summed E-state index contributed by atoms with van der Waals surface area (Å²) >= 11 is 0. The van der Waals surface area contributed by atoms with Crippen LogP contribution in [-0.2, 0) is 6.54 Å². The van der Waals surface area contributed by atoms with E-state index in [9.17, 15) is 14.7 Å². The topological polar surface area (TPSA) is 120 Å². The molecule has 0 atom stereocenters. The van der Waals surface area contributed by atoms with Gasteiger partial charge in [-0.15, -0.1) is 0 Å². The number of aromatic nitrogens is 3. The highest BCUT2D eigenvalue weighted by atomic mass is 16.3. The van der Waals surface area contributed by atoms with Gasteiger partial charge in [0.25, 0.3) is 11.8 Å². The molecule has 3 aromatic heterocycles. The maximum Gasteiger partial charge on any atom is 0.279 e. The molecule has 0 spiro atoms. The minimum Gasteiger partial charge on any atom is -0.505 e. The van der Waals surface area contributed by atoms with Crippen LogP contribution in [0.2, 0.25) is 0 Å². The molecule has 0 aliphatic rings. The zero-order chi connectivity index (χ0) is 20.2. The minimum absolute atomic E-state index is 0.0909. The number of anilines is 1. The van der Waals surface area contributed by atoms with Crippen molar-refractivity contribution in [1.29, 1.82) is 0 Å². The molecule has 0 unspecified atom stereocenters. The van der Waals surface area contributed by atoms with Gasteiger partial charge in [0.15, 0.2) is 5.69 Å². The van der Waals surface area contributed by atoms with Crippen LogP contribution in [0.3, 0.4) is 0 Å². The number of aromatic amines is 1. The molecule has 0 saturated carbocycles. The molecule has 0 bridgehead atoms. The molecule has 2 amide bonds. The molecule has 0 fully saturated rings. The first kappa shape index (κ1) is 18.2. The summed E-state index contributed by atoms with van der Waals surface area (Å²) in [6.07, 6.45) is 2.94. The first-order chi connectivity index (χ1) is 14.1. The van der Waals surface area contributed by atoms with Gasteiger partial charge in [-0.1, -0.05) is 18.2 Å². The molecule has 0 aliphatic heterocycles. The van der Waals surface area contributed by atoms with Gasteiger partial charge < -0.3 is 20.7 Å².